The molecule has 128 valence electrons. The molecule has 1 fully saturated rings. The second-order valence-corrected chi connectivity index (χ2v) is 7.22. The molecule has 1 aliphatic rings. The molecule has 1 N–H and O–H groups in total. The summed E-state index contributed by atoms with van der Waals surface area (Å²) < 4.78 is 0. The maximum atomic E-state index is 12.3. The van der Waals surface area contributed by atoms with E-state index in [9.17, 15) is 4.79 Å². The van der Waals surface area contributed by atoms with E-state index in [1.807, 2.05) is 41.4 Å². The predicted molar refractivity (Wildman–Crippen MR) is 96.7 cm³/mol. The quantitative estimate of drug-likeness (QED) is 0.902. The second-order valence-electron chi connectivity index (χ2n) is 6.33. The van der Waals surface area contributed by atoms with Crippen LogP contribution in [0.4, 0.5) is 10.9 Å². The molecule has 24 heavy (non-hydrogen) atoms. The highest BCUT2D eigenvalue weighted by Gasteiger charge is 2.25. The van der Waals surface area contributed by atoms with Crippen molar-refractivity contribution in [2.45, 2.75) is 18.8 Å². The van der Waals surface area contributed by atoms with Crippen molar-refractivity contribution in [2.75, 3.05) is 39.0 Å². The van der Waals surface area contributed by atoms with Crippen molar-refractivity contribution >= 4 is 28.2 Å². The van der Waals surface area contributed by atoms with Crippen LogP contribution in [-0.4, -0.2) is 59.4 Å². The first-order valence-corrected chi connectivity index (χ1v) is 9.06. The molecule has 2 aromatic rings. The Hall–Kier alpha value is -1.99. The van der Waals surface area contributed by atoms with Crippen LogP contribution >= 0.6 is 11.3 Å². The molecule has 1 atom stereocenters. The standard InChI is InChI=1S/C17H23N5OS/c1-21(2)12-16(23)22-9-4-5-13(11-22)14-6-3-7-15(19-14)20-17-18-8-10-24-17/h3,6-8,10,13H,4-5,9,11-12H2,1-2H3,(H,18,19,20). The minimum atomic E-state index is 0.196. The van der Waals surface area contributed by atoms with E-state index in [0.717, 1.165) is 42.6 Å². The van der Waals surface area contributed by atoms with Gasteiger partial charge in [0.25, 0.3) is 0 Å². The first kappa shape index (κ1) is 16.9. The average molecular weight is 345 g/mol. The summed E-state index contributed by atoms with van der Waals surface area (Å²) >= 11 is 1.55. The average Bonchev–Trinajstić information content (AvgIpc) is 3.07. The molecule has 0 bridgehead atoms. The summed E-state index contributed by atoms with van der Waals surface area (Å²) in [6.07, 6.45) is 3.86. The smallest absolute Gasteiger partial charge is 0.236 e. The SMILES string of the molecule is CN(C)CC(=O)N1CCCC(c2cccc(Nc3nccs3)n2)C1. The van der Waals surface area contributed by atoms with Gasteiger partial charge in [-0.25, -0.2) is 9.97 Å². The zero-order valence-electron chi connectivity index (χ0n) is 14.1. The molecule has 1 unspecified atom stereocenters. The summed E-state index contributed by atoms with van der Waals surface area (Å²) in [6, 6.07) is 6.01. The fourth-order valence-corrected chi connectivity index (χ4v) is 3.49. The Morgan fingerprint density at radius 1 is 1.46 bits per heavy atom. The van der Waals surface area contributed by atoms with Crippen molar-refractivity contribution in [1.82, 2.24) is 19.8 Å². The minimum absolute atomic E-state index is 0.196. The van der Waals surface area contributed by atoms with Gasteiger partial charge in [-0.05, 0) is 39.1 Å². The number of anilines is 2. The highest BCUT2D eigenvalue weighted by molar-refractivity contribution is 7.13. The van der Waals surface area contributed by atoms with Crippen LogP contribution in [0.25, 0.3) is 0 Å². The highest BCUT2D eigenvalue weighted by Crippen LogP contribution is 2.27. The third-order valence-electron chi connectivity index (χ3n) is 4.08. The first-order chi connectivity index (χ1) is 11.6. The Kier molecular flexibility index (Phi) is 5.42. The summed E-state index contributed by atoms with van der Waals surface area (Å²) in [5.41, 5.74) is 1.04. The van der Waals surface area contributed by atoms with Crippen LogP contribution < -0.4 is 5.32 Å². The number of nitrogens with zero attached hydrogens (tertiary/aromatic N) is 4. The Morgan fingerprint density at radius 3 is 3.08 bits per heavy atom. The minimum Gasteiger partial charge on any atom is -0.341 e. The number of carbonyl (C=O) groups excluding carboxylic acids is 1. The third-order valence-corrected chi connectivity index (χ3v) is 4.77. The lowest BCUT2D eigenvalue weighted by Gasteiger charge is -2.33. The van der Waals surface area contributed by atoms with Crippen LogP contribution in [0.2, 0.25) is 0 Å². The topological polar surface area (TPSA) is 61.4 Å². The Bertz CT molecular complexity index is 673. The van der Waals surface area contributed by atoms with E-state index in [0.29, 0.717) is 12.5 Å². The largest absolute Gasteiger partial charge is 0.341 e. The number of aromatic nitrogens is 2. The Balaban J connectivity index is 1.68. The van der Waals surface area contributed by atoms with Gasteiger partial charge in [0.15, 0.2) is 5.13 Å². The number of rotatable bonds is 5. The van der Waals surface area contributed by atoms with Crippen LogP contribution in [-0.2, 0) is 4.79 Å². The molecule has 1 amide bonds. The molecule has 6 nitrogen and oxygen atoms in total. The van der Waals surface area contributed by atoms with Gasteiger partial charge in [0.2, 0.25) is 5.91 Å². The van der Waals surface area contributed by atoms with Gasteiger partial charge < -0.3 is 15.1 Å². The lowest BCUT2D eigenvalue weighted by Crippen LogP contribution is -2.43. The first-order valence-electron chi connectivity index (χ1n) is 8.18. The van der Waals surface area contributed by atoms with Gasteiger partial charge in [-0.15, -0.1) is 11.3 Å². The maximum Gasteiger partial charge on any atom is 0.236 e. The predicted octanol–water partition coefficient (Wildman–Crippen LogP) is 2.55. The molecule has 3 rings (SSSR count). The van der Waals surface area contributed by atoms with Gasteiger partial charge in [0.1, 0.15) is 5.82 Å². The normalized spacial score (nSPS) is 18.0. The van der Waals surface area contributed by atoms with Crippen molar-refractivity contribution in [3.05, 3.63) is 35.5 Å². The summed E-state index contributed by atoms with van der Waals surface area (Å²) in [4.78, 5) is 25.2. The van der Waals surface area contributed by atoms with Gasteiger partial charge in [0, 0.05) is 36.3 Å². The number of hydrogen-bond donors (Lipinski definition) is 1. The summed E-state index contributed by atoms with van der Waals surface area (Å²) in [7, 11) is 3.85. The van der Waals surface area contributed by atoms with Crippen molar-refractivity contribution in [3.8, 4) is 0 Å². The van der Waals surface area contributed by atoms with Crippen molar-refractivity contribution in [3.63, 3.8) is 0 Å². The second kappa shape index (κ2) is 7.72. The number of likely N-dealkylation sites (N-methyl/N-ethyl adjacent to an activating group) is 1. The molecule has 0 aromatic carbocycles. The van der Waals surface area contributed by atoms with Crippen LogP contribution in [0.1, 0.15) is 24.5 Å². The van der Waals surface area contributed by atoms with Crippen molar-refractivity contribution in [1.29, 1.82) is 0 Å². The number of thiazole rings is 1. The van der Waals surface area contributed by atoms with E-state index < -0.39 is 0 Å². The number of nitrogens with one attached hydrogen (secondary N) is 1. The van der Waals surface area contributed by atoms with Gasteiger partial charge in [-0.1, -0.05) is 6.07 Å². The van der Waals surface area contributed by atoms with Crippen LogP contribution in [0, 0.1) is 0 Å². The molecule has 2 aromatic heterocycles. The van der Waals surface area contributed by atoms with E-state index in [1.54, 1.807) is 17.5 Å². The molecule has 1 saturated heterocycles. The molecule has 3 heterocycles. The fraction of sp³-hybridized carbons (Fsp3) is 0.471. The molecule has 0 aliphatic carbocycles. The zero-order chi connectivity index (χ0) is 16.9. The number of pyridine rings is 1. The van der Waals surface area contributed by atoms with Gasteiger partial charge in [-0.3, -0.25) is 4.79 Å². The summed E-state index contributed by atoms with van der Waals surface area (Å²) in [6.45, 7) is 2.06. The third kappa shape index (κ3) is 4.30. The van der Waals surface area contributed by atoms with Crippen LogP contribution in [0.5, 0.6) is 0 Å². The lowest BCUT2D eigenvalue weighted by atomic mass is 9.94. The highest BCUT2D eigenvalue weighted by atomic mass is 32.1. The molecule has 0 spiro atoms. The molecule has 7 heteroatoms. The van der Waals surface area contributed by atoms with Crippen LogP contribution in [0.15, 0.2) is 29.8 Å². The molecule has 1 aliphatic heterocycles. The van der Waals surface area contributed by atoms with Gasteiger partial charge in [0.05, 0.1) is 6.54 Å². The number of piperidine rings is 1. The van der Waals surface area contributed by atoms with Crippen LogP contribution in [0.3, 0.4) is 0 Å². The molecule has 0 radical (unpaired) electrons. The van der Waals surface area contributed by atoms with Crippen molar-refractivity contribution in [2.24, 2.45) is 0 Å². The van der Waals surface area contributed by atoms with E-state index in [2.05, 4.69) is 16.4 Å². The van der Waals surface area contributed by atoms with Gasteiger partial charge in [-0.2, -0.15) is 0 Å². The number of amides is 1. The number of hydrogen-bond acceptors (Lipinski definition) is 6. The van der Waals surface area contributed by atoms with Gasteiger partial charge >= 0.3 is 0 Å². The van der Waals surface area contributed by atoms with Crippen molar-refractivity contribution < 1.29 is 4.79 Å². The van der Waals surface area contributed by atoms with E-state index in [-0.39, 0.29) is 5.91 Å². The maximum absolute atomic E-state index is 12.3. The molecule has 0 saturated carbocycles. The van der Waals surface area contributed by atoms with E-state index in [4.69, 9.17) is 4.98 Å². The van der Waals surface area contributed by atoms with E-state index in [1.165, 1.54) is 0 Å². The monoisotopic (exact) mass is 345 g/mol. The zero-order valence-corrected chi connectivity index (χ0v) is 14.9. The Morgan fingerprint density at radius 2 is 2.33 bits per heavy atom. The molecular formula is C17H23N5OS. The number of carbonyl (C=O) groups is 1. The lowest BCUT2D eigenvalue weighted by molar-refractivity contribution is -0.133. The number of likely N-dealkylation sites (tertiary alicyclic amines) is 1. The Labute approximate surface area is 146 Å². The summed E-state index contributed by atoms with van der Waals surface area (Å²) in [5, 5.41) is 6.00. The summed E-state index contributed by atoms with van der Waals surface area (Å²) in [5.74, 6) is 1.30. The molecular weight excluding hydrogens is 322 g/mol. The van der Waals surface area contributed by atoms with E-state index >= 15 is 0 Å². The fourth-order valence-electron chi connectivity index (χ4n) is 2.96.